The minimum Gasteiger partial charge on any atom is -0.763 e. The van der Waals surface area contributed by atoms with E-state index in [0.717, 1.165) is 5.54 Å². The Morgan fingerprint density at radius 1 is 2.25 bits per heavy atom. The Bertz CT molecular complexity index is 47.6. The predicted molar refractivity (Wildman–Crippen MR) is 19.9 cm³/mol. The van der Waals surface area contributed by atoms with E-state index in [-0.39, 0.29) is 1.43 Å². The summed E-state index contributed by atoms with van der Waals surface area (Å²) < 4.78 is 0. The van der Waals surface area contributed by atoms with Crippen molar-refractivity contribution in [3.8, 4) is 0 Å². The Balaban J connectivity index is 0. The Labute approximate surface area is 30.9 Å². The molecule has 0 aliphatic rings. The van der Waals surface area contributed by atoms with E-state index in [1.165, 1.54) is 0 Å². The Morgan fingerprint density at radius 2 is 2.50 bits per heavy atom. The van der Waals surface area contributed by atoms with Crippen LogP contribution in [0.15, 0.2) is 5.54 Å². The summed E-state index contributed by atoms with van der Waals surface area (Å²) >= 11 is 4.70. The molecule has 0 bridgehead atoms. The summed E-state index contributed by atoms with van der Waals surface area (Å²) in [6.07, 6.45) is 0. The lowest BCUT2D eigenvalue weighted by atomic mass is 11.2. The van der Waals surface area contributed by atoms with Gasteiger partial charge in [-0.1, -0.05) is 11.6 Å². The van der Waals surface area contributed by atoms with Crippen molar-refractivity contribution in [1.29, 1.82) is 0 Å². The van der Waals surface area contributed by atoms with Gasteiger partial charge in [-0.05, 0) is 0 Å². The average Bonchev–Trinajstić information content (AvgIpc) is 1.37. The normalized spacial score (nSPS) is 4.25. The highest BCUT2D eigenvalue weighted by Gasteiger charge is 1.21. The van der Waals surface area contributed by atoms with E-state index in [0.29, 0.717) is 0 Å². The maximum Gasteiger partial charge on any atom is 1.00 e. The molecule has 0 unspecified atom stereocenters. The van der Waals surface area contributed by atoms with Crippen LogP contribution in [0.5, 0.6) is 0 Å². The molecule has 0 saturated carbocycles. The van der Waals surface area contributed by atoms with E-state index in [1.54, 1.807) is 5.87 Å². The summed E-state index contributed by atoms with van der Waals surface area (Å²) in [5.41, 5.74) is 0.903. The van der Waals surface area contributed by atoms with Crippen LogP contribution in [-0.4, -0.2) is 5.87 Å². The van der Waals surface area contributed by atoms with Gasteiger partial charge in [0.1, 0.15) is 0 Å². The molecule has 22 valence electrons. The molecule has 0 heterocycles. The molecule has 0 aliphatic carbocycles. The largest absolute Gasteiger partial charge is 1.00 e. The van der Waals surface area contributed by atoms with Crippen LogP contribution in [0.1, 0.15) is 1.43 Å². The van der Waals surface area contributed by atoms with Gasteiger partial charge in [0.25, 0.3) is 0 Å². The van der Waals surface area contributed by atoms with Gasteiger partial charge in [0, 0.05) is 5.54 Å². The summed E-state index contributed by atoms with van der Waals surface area (Å²) in [6.45, 7) is 0. The third kappa shape index (κ3) is 1.74. The average molecular weight is 75.5 g/mol. The van der Waals surface area contributed by atoms with Crippen LogP contribution in [0.3, 0.4) is 0 Å². The highest BCUT2D eigenvalue weighted by molar-refractivity contribution is 6.28. The summed E-state index contributed by atoms with van der Waals surface area (Å²) in [5, 5.41) is 7.44. The van der Waals surface area contributed by atoms with Gasteiger partial charge >= 0.3 is 1.43 Å². The maximum absolute atomic E-state index is 7.44. The first-order valence-electron chi connectivity index (χ1n) is 0.730. The second-order valence-corrected chi connectivity index (χ2v) is 0.456. The number of hydrogen-bond acceptors (Lipinski definition) is 0. The predicted octanol–water partition coefficient (Wildman–Crippen LogP) is 1.09. The van der Waals surface area contributed by atoms with Crippen LogP contribution < -0.4 is 0 Å². The first kappa shape index (κ1) is 3.74. The SMILES string of the molecule is [H+].[N-]=C=CCl. The number of halogens is 1. The first-order valence-corrected chi connectivity index (χ1v) is 1.17. The number of nitrogens with zero attached hydrogens (tertiary/aromatic N) is 1. The van der Waals surface area contributed by atoms with Gasteiger partial charge in [-0.3, -0.25) is 5.87 Å². The molecule has 0 rings (SSSR count). The quantitative estimate of drug-likeness (QED) is 0.385. The van der Waals surface area contributed by atoms with Crippen molar-refractivity contribution in [3.05, 3.63) is 10.9 Å². The van der Waals surface area contributed by atoms with E-state index in [2.05, 4.69) is 0 Å². The molecule has 0 aromatic heterocycles. The highest BCUT2D eigenvalue weighted by atomic mass is 35.5. The van der Waals surface area contributed by atoms with Gasteiger partial charge in [-0.15, -0.1) is 0 Å². The number of hydrogen-bond donors (Lipinski definition) is 0. The monoisotopic (exact) mass is 75.0 g/mol. The molecule has 0 fully saturated rings. The first-order chi connectivity index (χ1) is 1.91. The zero-order valence-corrected chi connectivity index (χ0v) is 2.66. The second kappa shape index (κ2) is 2.74. The summed E-state index contributed by atoms with van der Waals surface area (Å²) in [7, 11) is 0. The molecule has 0 radical (unpaired) electrons. The molecule has 0 N–H and O–H groups in total. The van der Waals surface area contributed by atoms with Crippen molar-refractivity contribution in [2.75, 3.05) is 0 Å². The molecule has 0 aliphatic heterocycles. The van der Waals surface area contributed by atoms with Gasteiger partial charge < -0.3 is 5.41 Å². The molecule has 2 heteroatoms. The Morgan fingerprint density at radius 3 is 2.50 bits per heavy atom. The summed E-state index contributed by atoms with van der Waals surface area (Å²) in [4.78, 5) is 0. The second-order valence-electron chi connectivity index (χ2n) is 0.238. The fraction of sp³-hybridized carbons (Fsp3) is 0. The summed E-state index contributed by atoms with van der Waals surface area (Å²) in [5.74, 6) is 1.57. The molecule has 4 heavy (non-hydrogen) atoms. The van der Waals surface area contributed by atoms with E-state index in [4.69, 9.17) is 17.0 Å². The third-order valence-corrected chi connectivity index (χ3v) is 0.146. The fourth-order valence-corrected chi connectivity index (χ4v) is 0. The molecule has 1 nitrogen and oxygen atoms in total. The van der Waals surface area contributed by atoms with Gasteiger partial charge in [-0.25, -0.2) is 0 Å². The van der Waals surface area contributed by atoms with Crippen molar-refractivity contribution in [2.24, 2.45) is 0 Å². The topological polar surface area (TPSA) is 22.3 Å². The van der Waals surface area contributed by atoms with Gasteiger partial charge in [0.15, 0.2) is 0 Å². The van der Waals surface area contributed by atoms with Crippen LogP contribution in [0.2, 0.25) is 0 Å². The lowest BCUT2D eigenvalue weighted by molar-refractivity contribution is 2.80. The molecule has 0 saturated heterocycles. The molecule has 0 aromatic carbocycles. The van der Waals surface area contributed by atoms with Crippen LogP contribution in [0.4, 0.5) is 0 Å². The minimum absolute atomic E-state index is 0. The molecular weight excluding hydrogens is 73.5 g/mol. The summed E-state index contributed by atoms with van der Waals surface area (Å²) in [6, 6.07) is 0. The Hall–Kier alpha value is -0.260. The van der Waals surface area contributed by atoms with Crippen molar-refractivity contribution >= 4 is 17.5 Å². The third-order valence-electron chi connectivity index (χ3n) is 0.0488. The maximum atomic E-state index is 7.44. The smallest absolute Gasteiger partial charge is 0.763 e. The molecule has 0 atom stereocenters. The molecular formula is C2H2ClN. The fourth-order valence-electron chi connectivity index (χ4n) is 0. The minimum atomic E-state index is 0. The lowest BCUT2D eigenvalue weighted by Crippen LogP contribution is -1.21. The van der Waals surface area contributed by atoms with E-state index in [1.807, 2.05) is 0 Å². The molecule has 0 spiro atoms. The van der Waals surface area contributed by atoms with Crippen molar-refractivity contribution in [2.45, 2.75) is 0 Å². The van der Waals surface area contributed by atoms with E-state index >= 15 is 0 Å². The zero-order chi connectivity index (χ0) is 3.41. The van der Waals surface area contributed by atoms with Crippen LogP contribution in [-0.2, 0) is 0 Å². The standard InChI is InChI=1S/C2HClN/c3-1-2-4/h1H/q-1/p+1. The molecule has 0 amide bonds. The number of rotatable bonds is 0. The Kier molecular flexibility index (Phi) is 2.56. The van der Waals surface area contributed by atoms with Gasteiger partial charge in [-0.2, -0.15) is 0 Å². The van der Waals surface area contributed by atoms with Crippen LogP contribution in [0, 0.1) is 0 Å². The van der Waals surface area contributed by atoms with Crippen LogP contribution in [0.25, 0.3) is 5.41 Å². The lowest BCUT2D eigenvalue weighted by Gasteiger charge is -1.52. The van der Waals surface area contributed by atoms with Crippen molar-refractivity contribution < 1.29 is 1.43 Å². The van der Waals surface area contributed by atoms with Crippen molar-refractivity contribution in [3.63, 3.8) is 0 Å². The van der Waals surface area contributed by atoms with Crippen molar-refractivity contribution in [1.82, 2.24) is 0 Å². The van der Waals surface area contributed by atoms with E-state index in [9.17, 15) is 0 Å². The van der Waals surface area contributed by atoms with Crippen LogP contribution >= 0.6 is 11.6 Å². The van der Waals surface area contributed by atoms with Gasteiger partial charge in [0.05, 0.1) is 0 Å². The molecule has 0 aromatic rings. The highest BCUT2D eigenvalue weighted by Crippen LogP contribution is 1.60. The van der Waals surface area contributed by atoms with Gasteiger partial charge in [0.2, 0.25) is 0 Å². The zero-order valence-electron chi connectivity index (χ0n) is 2.90. The van der Waals surface area contributed by atoms with E-state index < -0.39 is 0 Å².